The second-order valence-electron chi connectivity index (χ2n) is 5.01. The summed E-state index contributed by atoms with van der Waals surface area (Å²) in [5.41, 5.74) is -0.411. The van der Waals surface area contributed by atoms with Crippen LogP contribution in [-0.4, -0.2) is 34.3 Å². The van der Waals surface area contributed by atoms with E-state index in [1.807, 2.05) is 0 Å². The van der Waals surface area contributed by atoms with Crippen molar-refractivity contribution < 1.29 is 19.4 Å². The Morgan fingerprint density at radius 2 is 2.14 bits per heavy atom. The summed E-state index contributed by atoms with van der Waals surface area (Å²) in [4.78, 5) is 26.2. The third-order valence-electron chi connectivity index (χ3n) is 2.04. The largest absolute Gasteiger partial charge is 0.478 e. The molecule has 0 unspecified atom stereocenters. The van der Waals surface area contributed by atoms with Gasteiger partial charge in [-0.25, -0.2) is 14.6 Å². The third kappa shape index (κ3) is 6.15. The Bertz CT molecular complexity index is 612. The molecule has 1 amide bonds. The Kier molecular flexibility index (Phi) is 5.56. The van der Waals surface area contributed by atoms with Crippen LogP contribution in [0, 0.1) is 11.8 Å². The number of aromatic carboxylic acids is 1. The Morgan fingerprint density at radius 3 is 2.71 bits per heavy atom. The first-order valence-electron chi connectivity index (χ1n) is 6.03. The molecule has 0 saturated carbocycles. The van der Waals surface area contributed by atoms with E-state index < -0.39 is 17.7 Å². The van der Waals surface area contributed by atoms with Gasteiger partial charge in [-0.3, -0.25) is 0 Å². The van der Waals surface area contributed by atoms with Gasteiger partial charge in [0.2, 0.25) is 0 Å². The first kappa shape index (κ1) is 16.8. The second-order valence-corrected chi connectivity index (χ2v) is 5.40. The molecule has 0 aliphatic heterocycles. The van der Waals surface area contributed by atoms with Crippen LogP contribution in [0.15, 0.2) is 12.3 Å². The molecule has 1 aromatic rings. The number of hydrogen-bond acceptors (Lipinski definition) is 4. The molecule has 1 rings (SSSR count). The number of nitrogens with zero attached hydrogens (tertiary/aromatic N) is 1. The summed E-state index contributed by atoms with van der Waals surface area (Å²) in [7, 11) is 0. The minimum atomic E-state index is -1.15. The monoisotopic (exact) mass is 310 g/mol. The summed E-state index contributed by atoms with van der Waals surface area (Å²) < 4.78 is 5.03. The van der Waals surface area contributed by atoms with Gasteiger partial charge < -0.3 is 15.2 Å². The van der Waals surface area contributed by atoms with Crippen molar-refractivity contribution in [3.63, 3.8) is 0 Å². The van der Waals surface area contributed by atoms with Crippen molar-refractivity contribution in [1.82, 2.24) is 10.3 Å². The number of nitrogens with one attached hydrogen (secondary N) is 1. The van der Waals surface area contributed by atoms with Crippen LogP contribution in [0.25, 0.3) is 0 Å². The summed E-state index contributed by atoms with van der Waals surface area (Å²) in [5, 5.41) is 11.5. The number of rotatable bonds is 2. The van der Waals surface area contributed by atoms with E-state index in [1.165, 1.54) is 12.3 Å². The SMILES string of the molecule is CC(C)(C)OC(=O)NCC#Cc1cnc(Cl)cc1C(=O)O. The number of pyridine rings is 1. The second kappa shape index (κ2) is 6.95. The third-order valence-corrected chi connectivity index (χ3v) is 2.25. The van der Waals surface area contributed by atoms with Crippen molar-refractivity contribution in [2.24, 2.45) is 0 Å². The van der Waals surface area contributed by atoms with Crippen LogP contribution < -0.4 is 5.32 Å². The number of carbonyl (C=O) groups excluding carboxylic acids is 1. The first-order valence-corrected chi connectivity index (χ1v) is 6.41. The Balaban J connectivity index is 2.68. The molecule has 0 spiro atoms. The van der Waals surface area contributed by atoms with Crippen LogP contribution in [-0.2, 0) is 4.74 Å². The van der Waals surface area contributed by atoms with E-state index in [-0.39, 0.29) is 22.8 Å². The van der Waals surface area contributed by atoms with Crippen LogP contribution in [0.4, 0.5) is 4.79 Å². The number of carbonyl (C=O) groups is 2. The van der Waals surface area contributed by atoms with Gasteiger partial charge in [0.15, 0.2) is 0 Å². The molecule has 112 valence electrons. The van der Waals surface area contributed by atoms with E-state index in [1.54, 1.807) is 20.8 Å². The summed E-state index contributed by atoms with van der Waals surface area (Å²) in [5.74, 6) is 4.09. The predicted molar refractivity (Wildman–Crippen MR) is 77.3 cm³/mol. The molecule has 0 aliphatic rings. The van der Waals surface area contributed by atoms with Crippen LogP contribution in [0.1, 0.15) is 36.7 Å². The van der Waals surface area contributed by atoms with E-state index in [0.717, 1.165) is 0 Å². The fraction of sp³-hybridized carbons (Fsp3) is 0.357. The number of alkyl carbamates (subject to hydrolysis) is 1. The molecule has 0 atom stereocenters. The van der Waals surface area contributed by atoms with Gasteiger partial charge in [0.1, 0.15) is 10.8 Å². The zero-order valence-electron chi connectivity index (χ0n) is 11.9. The van der Waals surface area contributed by atoms with Gasteiger partial charge in [0.25, 0.3) is 0 Å². The maximum atomic E-state index is 11.4. The smallest absolute Gasteiger partial charge is 0.408 e. The van der Waals surface area contributed by atoms with Crippen molar-refractivity contribution in [3.8, 4) is 11.8 Å². The lowest BCUT2D eigenvalue weighted by atomic mass is 10.1. The maximum absolute atomic E-state index is 11.4. The van der Waals surface area contributed by atoms with E-state index in [0.29, 0.717) is 0 Å². The molecule has 6 nitrogen and oxygen atoms in total. The summed E-state index contributed by atoms with van der Waals surface area (Å²) in [6, 6.07) is 1.22. The van der Waals surface area contributed by atoms with E-state index in [9.17, 15) is 9.59 Å². The van der Waals surface area contributed by atoms with Crippen molar-refractivity contribution in [2.45, 2.75) is 26.4 Å². The van der Waals surface area contributed by atoms with Gasteiger partial charge in [0, 0.05) is 6.20 Å². The quantitative estimate of drug-likeness (QED) is 0.646. The zero-order chi connectivity index (χ0) is 16.0. The molecule has 2 N–H and O–H groups in total. The number of amides is 1. The first-order chi connectivity index (χ1) is 9.69. The highest BCUT2D eigenvalue weighted by molar-refractivity contribution is 6.29. The molecule has 0 radical (unpaired) electrons. The van der Waals surface area contributed by atoms with Crippen LogP contribution in [0.5, 0.6) is 0 Å². The Morgan fingerprint density at radius 1 is 1.48 bits per heavy atom. The van der Waals surface area contributed by atoms with Crippen molar-refractivity contribution in [1.29, 1.82) is 0 Å². The van der Waals surface area contributed by atoms with Crippen molar-refractivity contribution in [3.05, 3.63) is 28.5 Å². The van der Waals surface area contributed by atoms with Gasteiger partial charge in [-0.15, -0.1) is 0 Å². The van der Waals surface area contributed by atoms with E-state index in [2.05, 4.69) is 22.1 Å². The van der Waals surface area contributed by atoms with E-state index >= 15 is 0 Å². The minimum Gasteiger partial charge on any atom is -0.478 e. The van der Waals surface area contributed by atoms with Gasteiger partial charge in [-0.05, 0) is 26.8 Å². The van der Waals surface area contributed by atoms with Crippen molar-refractivity contribution >= 4 is 23.7 Å². The molecular weight excluding hydrogens is 296 g/mol. The van der Waals surface area contributed by atoms with Gasteiger partial charge >= 0.3 is 12.1 Å². The predicted octanol–water partition coefficient (Wildman–Crippen LogP) is 2.31. The molecule has 0 bridgehead atoms. The molecule has 0 fully saturated rings. The standard InChI is InChI=1S/C14H15ClN2O4/c1-14(2,3)21-13(20)16-6-4-5-9-8-17-11(15)7-10(9)12(18)19/h7-8H,6H2,1-3H3,(H,16,20)(H,18,19). The Hall–Kier alpha value is -2.26. The number of ether oxygens (including phenoxy) is 1. The lowest BCUT2D eigenvalue weighted by molar-refractivity contribution is 0.0534. The molecule has 0 saturated heterocycles. The normalized spacial score (nSPS) is 10.3. The summed E-state index contributed by atoms with van der Waals surface area (Å²) in [6.45, 7) is 5.26. The molecular formula is C14H15ClN2O4. The van der Waals surface area contributed by atoms with Gasteiger partial charge in [-0.1, -0.05) is 23.4 Å². The number of hydrogen-bond donors (Lipinski definition) is 2. The molecule has 0 aliphatic carbocycles. The minimum absolute atomic E-state index is 0.0244. The number of carboxylic acids is 1. The lowest BCUT2D eigenvalue weighted by Gasteiger charge is -2.19. The maximum Gasteiger partial charge on any atom is 0.408 e. The highest BCUT2D eigenvalue weighted by Crippen LogP contribution is 2.12. The Labute approximate surface area is 127 Å². The molecule has 21 heavy (non-hydrogen) atoms. The fourth-order valence-corrected chi connectivity index (χ4v) is 1.43. The average Bonchev–Trinajstić information content (AvgIpc) is 2.33. The molecule has 1 heterocycles. The molecule has 0 aromatic carbocycles. The van der Waals surface area contributed by atoms with E-state index in [4.69, 9.17) is 21.4 Å². The summed E-state index contributed by atoms with van der Waals surface area (Å²) in [6.07, 6.45) is 0.677. The van der Waals surface area contributed by atoms with Crippen molar-refractivity contribution in [2.75, 3.05) is 6.54 Å². The van der Waals surface area contributed by atoms with Crippen LogP contribution in [0.3, 0.4) is 0 Å². The number of aromatic nitrogens is 1. The lowest BCUT2D eigenvalue weighted by Crippen LogP contribution is -2.32. The fourth-order valence-electron chi connectivity index (χ4n) is 1.28. The zero-order valence-corrected chi connectivity index (χ0v) is 12.6. The number of halogens is 1. The van der Waals surface area contributed by atoms with Crippen LogP contribution in [0.2, 0.25) is 5.15 Å². The molecule has 7 heteroatoms. The topological polar surface area (TPSA) is 88.5 Å². The van der Waals surface area contributed by atoms with Gasteiger partial charge in [0.05, 0.1) is 17.7 Å². The summed E-state index contributed by atoms with van der Waals surface area (Å²) >= 11 is 5.63. The van der Waals surface area contributed by atoms with Gasteiger partial charge in [-0.2, -0.15) is 0 Å². The number of carboxylic acid groups (broad SMARTS) is 1. The molecule has 1 aromatic heterocycles. The van der Waals surface area contributed by atoms with Crippen LogP contribution >= 0.6 is 11.6 Å². The average molecular weight is 311 g/mol. The highest BCUT2D eigenvalue weighted by Gasteiger charge is 2.15. The highest BCUT2D eigenvalue weighted by atomic mass is 35.5.